The summed E-state index contributed by atoms with van der Waals surface area (Å²) in [6.07, 6.45) is -0.813. The van der Waals surface area contributed by atoms with Crippen molar-refractivity contribution in [1.29, 1.82) is 0 Å². The normalized spacial score (nSPS) is 12.0. The van der Waals surface area contributed by atoms with E-state index < -0.39 is 6.23 Å². The molecular weight excluding hydrogens is 392 g/mol. The summed E-state index contributed by atoms with van der Waals surface area (Å²) < 4.78 is 6.79. The maximum Gasteiger partial charge on any atom is 0.133 e. The second-order valence-electron chi connectivity index (χ2n) is 6.06. The molecule has 0 saturated carbocycles. The lowest BCUT2D eigenvalue weighted by Crippen LogP contribution is -2.21. The molecule has 0 aliphatic heterocycles. The van der Waals surface area contributed by atoms with Crippen molar-refractivity contribution in [3.63, 3.8) is 0 Å². The van der Waals surface area contributed by atoms with Crippen LogP contribution < -0.4 is 15.8 Å². The molecule has 0 amide bonds. The minimum Gasteiger partial charge on any atom is -0.457 e. The van der Waals surface area contributed by atoms with Crippen LogP contribution in [0.4, 0.5) is 5.69 Å². The fraction of sp³-hybridized carbons (Fsp3) is 0.143. The maximum absolute atomic E-state index is 10.3. The molecule has 0 spiro atoms. The van der Waals surface area contributed by atoms with Gasteiger partial charge in [0, 0.05) is 22.3 Å². The Balaban J connectivity index is 1.60. The van der Waals surface area contributed by atoms with Crippen LogP contribution in [0.25, 0.3) is 0 Å². The number of ether oxygens (including phenoxy) is 1. The minimum absolute atomic E-state index is 0.520. The fourth-order valence-corrected chi connectivity index (χ4v) is 2.99. The largest absolute Gasteiger partial charge is 0.457 e. The first kappa shape index (κ1) is 18.5. The Morgan fingerprint density at radius 3 is 2.50 bits per heavy atom. The van der Waals surface area contributed by atoms with Crippen molar-refractivity contribution in [1.82, 2.24) is 5.32 Å². The lowest BCUT2D eigenvalue weighted by Gasteiger charge is -2.16. The average Bonchev–Trinajstić information content (AvgIpc) is 2.63. The Bertz CT molecular complexity index is 881. The van der Waals surface area contributed by atoms with Gasteiger partial charge >= 0.3 is 0 Å². The monoisotopic (exact) mass is 412 g/mol. The lowest BCUT2D eigenvalue weighted by molar-refractivity contribution is 0.138. The molecule has 0 heterocycles. The Morgan fingerprint density at radius 2 is 1.77 bits per heavy atom. The number of anilines is 1. The molecule has 3 rings (SSSR count). The summed E-state index contributed by atoms with van der Waals surface area (Å²) in [5.41, 5.74) is 9.34. The van der Waals surface area contributed by atoms with Crippen molar-refractivity contribution >= 4 is 21.6 Å². The van der Waals surface area contributed by atoms with E-state index in [1.807, 2.05) is 73.7 Å². The number of aryl methyl sites for hydroxylation is 1. The van der Waals surface area contributed by atoms with Crippen LogP contribution in [0, 0.1) is 6.92 Å². The van der Waals surface area contributed by atoms with Gasteiger partial charge in [-0.3, -0.25) is 5.32 Å². The molecule has 3 aromatic carbocycles. The number of hydrogen-bond acceptors (Lipinski definition) is 4. The molecule has 0 bridgehead atoms. The van der Waals surface area contributed by atoms with Gasteiger partial charge in [0.1, 0.15) is 17.7 Å². The van der Waals surface area contributed by atoms with Gasteiger partial charge in [0.15, 0.2) is 0 Å². The maximum atomic E-state index is 10.3. The number of halogens is 1. The van der Waals surface area contributed by atoms with Gasteiger partial charge in [-0.15, -0.1) is 0 Å². The van der Waals surface area contributed by atoms with Crippen molar-refractivity contribution in [3.8, 4) is 11.5 Å². The van der Waals surface area contributed by atoms with E-state index in [0.29, 0.717) is 17.8 Å². The minimum atomic E-state index is -0.813. The summed E-state index contributed by atoms with van der Waals surface area (Å²) in [5.74, 6) is 1.53. The van der Waals surface area contributed by atoms with Crippen molar-refractivity contribution < 1.29 is 9.84 Å². The second-order valence-corrected chi connectivity index (χ2v) is 6.98. The predicted molar refractivity (Wildman–Crippen MR) is 108 cm³/mol. The van der Waals surface area contributed by atoms with Crippen LogP contribution in [0.3, 0.4) is 0 Å². The number of hydrogen-bond donors (Lipinski definition) is 3. The molecule has 4 N–H and O–H groups in total. The molecule has 4 nitrogen and oxygen atoms in total. The van der Waals surface area contributed by atoms with Gasteiger partial charge in [0.25, 0.3) is 0 Å². The summed E-state index contributed by atoms with van der Waals surface area (Å²) in [5, 5.41) is 13.4. The second kappa shape index (κ2) is 8.36. The zero-order valence-corrected chi connectivity index (χ0v) is 16.0. The van der Waals surface area contributed by atoms with E-state index in [1.165, 1.54) is 0 Å². The average molecular weight is 413 g/mol. The number of aliphatic hydroxyl groups is 1. The quantitative estimate of drug-likeness (QED) is 0.397. The van der Waals surface area contributed by atoms with E-state index in [9.17, 15) is 5.11 Å². The standard InChI is InChI=1S/C21H21BrN2O2/c1-14-4-2-7-19(20(14)23)21(25)24-13-15-8-10-17(11-9-15)26-18-6-3-5-16(22)12-18/h2-12,21,24-25H,13,23H2,1H3. The third-order valence-corrected chi connectivity index (χ3v) is 4.60. The summed E-state index contributed by atoms with van der Waals surface area (Å²) in [6, 6.07) is 21.1. The molecule has 0 aliphatic carbocycles. The van der Waals surface area contributed by atoms with Crippen LogP contribution in [0.2, 0.25) is 0 Å². The molecule has 0 fully saturated rings. The van der Waals surface area contributed by atoms with E-state index >= 15 is 0 Å². The van der Waals surface area contributed by atoms with E-state index in [0.717, 1.165) is 27.1 Å². The smallest absolute Gasteiger partial charge is 0.133 e. The number of aliphatic hydroxyl groups excluding tert-OH is 1. The Morgan fingerprint density at radius 1 is 1.04 bits per heavy atom. The van der Waals surface area contributed by atoms with Gasteiger partial charge in [0.05, 0.1) is 0 Å². The molecule has 26 heavy (non-hydrogen) atoms. The molecule has 0 saturated heterocycles. The molecule has 0 aromatic heterocycles. The Labute approximate surface area is 161 Å². The SMILES string of the molecule is Cc1cccc(C(O)NCc2ccc(Oc3cccc(Br)c3)cc2)c1N. The van der Waals surface area contributed by atoms with Crippen LogP contribution in [0.15, 0.2) is 71.2 Å². The van der Waals surface area contributed by atoms with Crippen LogP contribution in [-0.4, -0.2) is 5.11 Å². The molecule has 0 radical (unpaired) electrons. The van der Waals surface area contributed by atoms with Crippen molar-refractivity contribution in [2.24, 2.45) is 0 Å². The number of para-hydroxylation sites is 1. The highest BCUT2D eigenvalue weighted by Gasteiger charge is 2.11. The van der Waals surface area contributed by atoms with Gasteiger partial charge < -0.3 is 15.6 Å². The highest BCUT2D eigenvalue weighted by Crippen LogP contribution is 2.25. The summed E-state index contributed by atoms with van der Waals surface area (Å²) >= 11 is 3.43. The lowest BCUT2D eigenvalue weighted by atomic mass is 10.1. The molecule has 3 aromatic rings. The van der Waals surface area contributed by atoms with Crippen LogP contribution in [-0.2, 0) is 6.54 Å². The predicted octanol–water partition coefficient (Wildman–Crippen LogP) is 4.91. The summed E-state index contributed by atoms with van der Waals surface area (Å²) in [7, 11) is 0. The number of nitrogens with two attached hydrogens (primary N) is 1. The number of nitrogen functional groups attached to an aromatic ring is 1. The Kier molecular flexibility index (Phi) is 5.93. The molecule has 0 aliphatic rings. The number of rotatable bonds is 6. The third kappa shape index (κ3) is 4.64. The molecule has 1 unspecified atom stereocenters. The molecule has 134 valence electrons. The van der Waals surface area contributed by atoms with E-state index in [-0.39, 0.29) is 0 Å². The van der Waals surface area contributed by atoms with Crippen LogP contribution >= 0.6 is 15.9 Å². The number of nitrogens with one attached hydrogen (secondary N) is 1. The Hall–Kier alpha value is -2.34. The van der Waals surface area contributed by atoms with Gasteiger partial charge in [-0.1, -0.05) is 52.3 Å². The third-order valence-electron chi connectivity index (χ3n) is 4.11. The number of benzene rings is 3. The topological polar surface area (TPSA) is 67.5 Å². The molecule has 5 heteroatoms. The molecular formula is C21H21BrN2O2. The first-order valence-corrected chi connectivity index (χ1v) is 9.11. The zero-order valence-electron chi connectivity index (χ0n) is 14.4. The van der Waals surface area contributed by atoms with Gasteiger partial charge in [-0.25, -0.2) is 0 Å². The fourth-order valence-electron chi connectivity index (χ4n) is 2.61. The van der Waals surface area contributed by atoms with Gasteiger partial charge in [-0.05, 0) is 48.4 Å². The van der Waals surface area contributed by atoms with E-state index in [1.54, 1.807) is 0 Å². The van der Waals surface area contributed by atoms with Gasteiger partial charge in [0.2, 0.25) is 0 Å². The van der Waals surface area contributed by atoms with Crippen molar-refractivity contribution in [2.45, 2.75) is 19.7 Å². The van der Waals surface area contributed by atoms with Gasteiger partial charge in [-0.2, -0.15) is 0 Å². The zero-order chi connectivity index (χ0) is 18.5. The van der Waals surface area contributed by atoms with E-state index in [4.69, 9.17) is 10.5 Å². The van der Waals surface area contributed by atoms with Crippen LogP contribution in [0.1, 0.15) is 22.9 Å². The molecule has 1 atom stereocenters. The first-order chi connectivity index (χ1) is 12.5. The van der Waals surface area contributed by atoms with E-state index in [2.05, 4.69) is 21.2 Å². The summed E-state index contributed by atoms with van der Waals surface area (Å²) in [4.78, 5) is 0. The first-order valence-electron chi connectivity index (χ1n) is 8.32. The highest BCUT2D eigenvalue weighted by molar-refractivity contribution is 9.10. The highest BCUT2D eigenvalue weighted by atomic mass is 79.9. The van der Waals surface area contributed by atoms with Crippen molar-refractivity contribution in [2.75, 3.05) is 5.73 Å². The van der Waals surface area contributed by atoms with Crippen LogP contribution in [0.5, 0.6) is 11.5 Å². The summed E-state index contributed by atoms with van der Waals surface area (Å²) in [6.45, 7) is 2.45. The van der Waals surface area contributed by atoms with Crippen molar-refractivity contribution in [3.05, 3.63) is 87.9 Å².